The number of pyridine rings is 1. The Kier molecular flexibility index (Phi) is 3.97. The Labute approximate surface area is 161 Å². The maximum Gasteiger partial charge on any atom is 0.230 e. The van der Waals surface area contributed by atoms with Crippen molar-refractivity contribution < 1.29 is 14.1 Å². The molecule has 0 saturated carbocycles. The van der Waals surface area contributed by atoms with E-state index in [1.54, 1.807) is 18.5 Å². The van der Waals surface area contributed by atoms with Gasteiger partial charge in [-0.15, -0.1) is 10.2 Å². The van der Waals surface area contributed by atoms with Gasteiger partial charge in [0.25, 0.3) is 0 Å². The second-order valence-electron chi connectivity index (χ2n) is 7.41. The minimum Gasteiger partial charge on any atom is -0.363 e. The minimum absolute atomic E-state index is 0.0283. The van der Waals surface area contributed by atoms with Crippen LogP contribution in [0.25, 0.3) is 11.4 Å². The summed E-state index contributed by atoms with van der Waals surface area (Å²) in [7, 11) is 0. The molecule has 2 aliphatic rings. The van der Waals surface area contributed by atoms with Crippen LogP contribution in [-0.4, -0.2) is 54.4 Å². The summed E-state index contributed by atoms with van der Waals surface area (Å²) in [4.78, 5) is 18.6. The molecule has 1 saturated heterocycles. The van der Waals surface area contributed by atoms with Crippen LogP contribution in [0.4, 0.5) is 0 Å². The van der Waals surface area contributed by atoms with Crippen molar-refractivity contribution >= 4 is 5.91 Å². The number of aromatic nitrogens is 5. The number of hydrogen-bond acceptors (Lipinski definition) is 7. The van der Waals surface area contributed by atoms with Gasteiger partial charge in [0, 0.05) is 30.6 Å². The largest absolute Gasteiger partial charge is 0.363 e. The highest BCUT2D eigenvalue weighted by molar-refractivity contribution is 5.78. The Hall–Kier alpha value is -3.07. The topological polar surface area (TPSA) is 99.2 Å². The minimum atomic E-state index is -0.413. The van der Waals surface area contributed by atoms with E-state index in [2.05, 4.69) is 24.9 Å². The number of fused-ring (bicyclic) bond motifs is 1. The highest BCUT2D eigenvalue weighted by atomic mass is 16.5. The third-order valence-electron chi connectivity index (χ3n) is 5.39. The Morgan fingerprint density at radius 3 is 2.89 bits per heavy atom. The SMILES string of the molecule is Cc1cc(CC(=O)N2CCC3(C2)Cn2c(nnc2-c2ccncc2)CO3)on1. The molecule has 0 aliphatic carbocycles. The van der Waals surface area contributed by atoms with Crippen LogP contribution in [0.3, 0.4) is 0 Å². The number of hydrogen-bond donors (Lipinski definition) is 0. The molecule has 5 rings (SSSR count). The van der Waals surface area contributed by atoms with Crippen LogP contribution in [0, 0.1) is 6.92 Å². The third-order valence-corrected chi connectivity index (χ3v) is 5.39. The molecule has 1 unspecified atom stereocenters. The lowest BCUT2D eigenvalue weighted by molar-refractivity contribution is -0.132. The number of ether oxygens (including phenoxy) is 1. The van der Waals surface area contributed by atoms with Gasteiger partial charge in [0.2, 0.25) is 5.91 Å². The van der Waals surface area contributed by atoms with Gasteiger partial charge < -0.3 is 18.7 Å². The van der Waals surface area contributed by atoms with Gasteiger partial charge in [-0.25, -0.2) is 0 Å². The molecule has 1 fully saturated rings. The van der Waals surface area contributed by atoms with Gasteiger partial charge in [0.05, 0.1) is 25.2 Å². The summed E-state index contributed by atoms with van der Waals surface area (Å²) >= 11 is 0. The van der Waals surface area contributed by atoms with E-state index in [0.29, 0.717) is 32.0 Å². The number of likely N-dealkylation sites (tertiary alicyclic amines) is 1. The molecular formula is C19H20N6O3. The zero-order chi connectivity index (χ0) is 19.1. The Morgan fingerprint density at radius 2 is 2.11 bits per heavy atom. The van der Waals surface area contributed by atoms with E-state index in [1.807, 2.05) is 24.0 Å². The lowest BCUT2D eigenvalue weighted by Gasteiger charge is -2.34. The Morgan fingerprint density at radius 1 is 1.25 bits per heavy atom. The van der Waals surface area contributed by atoms with E-state index in [4.69, 9.17) is 9.26 Å². The first-order valence-corrected chi connectivity index (χ1v) is 9.28. The molecule has 0 N–H and O–H groups in total. The Bertz CT molecular complexity index is 1010. The van der Waals surface area contributed by atoms with Gasteiger partial charge in [-0.05, 0) is 25.5 Å². The maximum absolute atomic E-state index is 12.7. The Balaban J connectivity index is 1.33. The molecule has 0 radical (unpaired) electrons. The molecule has 3 aromatic heterocycles. The average molecular weight is 380 g/mol. The molecule has 28 heavy (non-hydrogen) atoms. The molecule has 9 heteroatoms. The normalized spacial score (nSPS) is 21.2. The van der Waals surface area contributed by atoms with Gasteiger partial charge >= 0.3 is 0 Å². The quantitative estimate of drug-likeness (QED) is 0.677. The van der Waals surface area contributed by atoms with Crippen molar-refractivity contribution in [2.24, 2.45) is 0 Å². The van der Waals surface area contributed by atoms with Gasteiger partial charge in [0.15, 0.2) is 11.6 Å². The molecule has 144 valence electrons. The number of rotatable bonds is 3. The van der Waals surface area contributed by atoms with Gasteiger partial charge in [-0.1, -0.05) is 5.16 Å². The fourth-order valence-electron chi connectivity index (χ4n) is 3.94. The summed E-state index contributed by atoms with van der Waals surface area (Å²) in [6.45, 7) is 4.06. The number of amides is 1. The second kappa shape index (κ2) is 6.52. The summed E-state index contributed by atoms with van der Waals surface area (Å²) in [6.07, 6.45) is 4.49. The van der Waals surface area contributed by atoms with Gasteiger partial charge in [-0.3, -0.25) is 9.78 Å². The van der Waals surface area contributed by atoms with Crippen LogP contribution in [0.5, 0.6) is 0 Å². The summed E-state index contributed by atoms with van der Waals surface area (Å²) in [5, 5.41) is 12.5. The van der Waals surface area contributed by atoms with Crippen LogP contribution in [-0.2, 0) is 29.1 Å². The van der Waals surface area contributed by atoms with E-state index in [9.17, 15) is 4.79 Å². The highest BCUT2D eigenvalue weighted by Gasteiger charge is 2.44. The molecule has 1 spiro atoms. The standard InChI is InChI=1S/C19H20N6O3/c1-13-8-15(28-23-13)9-17(26)24-7-4-19(11-24)12-25-16(10-27-19)21-22-18(25)14-2-5-20-6-3-14/h2-3,5-6,8H,4,7,9-12H2,1H3. The molecule has 2 aliphatic heterocycles. The van der Waals surface area contributed by atoms with Crippen molar-refractivity contribution in [3.05, 3.63) is 47.9 Å². The summed E-state index contributed by atoms with van der Waals surface area (Å²) < 4.78 is 13.5. The lowest BCUT2D eigenvalue weighted by Crippen LogP contribution is -2.45. The van der Waals surface area contributed by atoms with Crippen molar-refractivity contribution in [2.75, 3.05) is 13.1 Å². The molecule has 1 atom stereocenters. The molecule has 5 heterocycles. The first-order valence-electron chi connectivity index (χ1n) is 9.28. The molecule has 0 bridgehead atoms. The zero-order valence-corrected chi connectivity index (χ0v) is 15.5. The van der Waals surface area contributed by atoms with Crippen LogP contribution in [0.1, 0.15) is 23.7 Å². The van der Waals surface area contributed by atoms with Crippen molar-refractivity contribution in [3.8, 4) is 11.4 Å². The van der Waals surface area contributed by atoms with Gasteiger partial charge in [-0.2, -0.15) is 0 Å². The molecular weight excluding hydrogens is 360 g/mol. The molecule has 3 aromatic rings. The van der Waals surface area contributed by atoms with Crippen molar-refractivity contribution in [3.63, 3.8) is 0 Å². The van der Waals surface area contributed by atoms with Crippen LogP contribution < -0.4 is 0 Å². The average Bonchev–Trinajstić information content (AvgIpc) is 3.42. The predicted octanol–water partition coefficient (Wildman–Crippen LogP) is 1.38. The van der Waals surface area contributed by atoms with Crippen molar-refractivity contribution in [2.45, 2.75) is 38.5 Å². The van der Waals surface area contributed by atoms with E-state index >= 15 is 0 Å². The monoisotopic (exact) mass is 380 g/mol. The highest BCUT2D eigenvalue weighted by Crippen LogP contribution is 2.34. The zero-order valence-electron chi connectivity index (χ0n) is 15.5. The summed E-state index contributed by atoms with van der Waals surface area (Å²) in [5.74, 6) is 2.23. The smallest absolute Gasteiger partial charge is 0.230 e. The molecule has 1 amide bonds. The molecule has 9 nitrogen and oxygen atoms in total. The fraction of sp³-hybridized carbons (Fsp3) is 0.421. The third kappa shape index (κ3) is 2.97. The summed E-state index contributed by atoms with van der Waals surface area (Å²) in [6, 6.07) is 5.64. The van der Waals surface area contributed by atoms with E-state index < -0.39 is 5.60 Å². The first kappa shape index (κ1) is 17.1. The maximum atomic E-state index is 12.7. The second-order valence-corrected chi connectivity index (χ2v) is 7.41. The number of nitrogens with zero attached hydrogens (tertiary/aromatic N) is 6. The van der Waals surface area contributed by atoms with Gasteiger partial charge in [0.1, 0.15) is 18.0 Å². The van der Waals surface area contributed by atoms with E-state index in [-0.39, 0.29) is 12.3 Å². The number of aryl methyl sites for hydroxylation is 1. The number of carbonyl (C=O) groups excluding carboxylic acids is 1. The van der Waals surface area contributed by atoms with Crippen LogP contribution in [0.15, 0.2) is 35.1 Å². The first-order chi connectivity index (χ1) is 13.6. The fourth-order valence-corrected chi connectivity index (χ4v) is 3.94. The predicted molar refractivity (Wildman–Crippen MR) is 96.9 cm³/mol. The van der Waals surface area contributed by atoms with Crippen molar-refractivity contribution in [1.82, 2.24) is 29.8 Å². The lowest BCUT2D eigenvalue weighted by atomic mass is 10.0. The number of carbonyl (C=O) groups is 1. The van der Waals surface area contributed by atoms with E-state index in [1.165, 1.54) is 0 Å². The molecule has 0 aromatic carbocycles. The van der Waals surface area contributed by atoms with E-state index in [0.717, 1.165) is 29.3 Å². The van der Waals surface area contributed by atoms with Crippen LogP contribution in [0.2, 0.25) is 0 Å². The summed E-state index contributed by atoms with van der Waals surface area (Å²) in [5.41, 5.74) is 1.34. The van der Waals surface area contributed by atoms with Crippen molar-refractivity contribution in [1.29, 1.82) is 0 Å². The van der Waals surface area contributed by atoms with Crippen LogP contribution >= 0.6 is 0 Å².